The molecule has 5 rings (SSSR count). The van der Waals surface area contributed by atoms with Crippen molar-refractivity contribution in [3.63, 3.8) is 0 Å². The molecule has 1 aliphatic heterocycles. The summed E-state index contributed by atoms with van der Waals surface area (Å²) in [6, 6.07) is 16.8. The fourth-order valence-electron chi connectivity index (χ4n) is 4.99. The van der Waals surface area contributed by atoms with Gasteiger partial charge in [0.05, 0.1) is 24.2 Å². The van der Waals surface area contributed by atoms with Crippen molar-refractivity contribution in [2.75, 3.05) is 6.61 Å². The lowest BCUT2D eigenvalue weighted by Gasteiger charge is -2.28. The third kappa shape index (κ3) is 7.88. The second-order valence-electron chi connectivity index (χ2n) is 10.3. The molecule has 0 aliphatic carbocycles. The van der Waals surface area contributed by atoms with E-state index in [0.29, 0.717) is 42.5 Å². The smallest absolute Gasteiger partial charge is 0.492 e. The zero-order valence-electron chi connectivity index (χ0n) is 23.3. The van der Waals surface area contributed by atoms with Crippen LogP contribution in [0, 0.1) is 0 Å². The number of rotatable bonds is 11. The molecule has 0 spiro atoms. The molecule has 0 saturated carbocycles. The lowest BCUT2D eigenvalue weighted by molar-refractivity contribution is -0.274. The van der Waals surface area contributed by atoms with Gasteiger partial charge in [0, 0.05) is 48.8 Å². The Morgan fingerprint density at radius 3 is 2.52 bits per heavy atom. The van der Waals surface area contributed by atoms with Gasteiger partial charge in [-0.2, -0.15) is 0 Å². The molecule has 0 radical (unpaired) electrons. The Kier molecular flexibility index (Phi) is 9.40. The number of para-hydroxylation sites is 1. The van der Waals surface area contributed by atoms with Crippen LogP contribution in [0.25, 0.3) is 0 Å². The van der Waals surface area contributed by atoms with Crippen LogP contribution in [0.15, 0.2) is 79.3 Å². The summed E-state index contributed by atoms with van der Waals surface area (Å²) >= 11 is 5.95. The minimum atomic E-state index is -4.75. The topological polar surface area (TPSA) is 121 Å². The molecule has 3 aromatic carbocycles. The van der Waals surface area contributed by atoms with E-state index in [1.807, 2.05) is 10.6 Å². The van der Waals surface area contributed by atoms with Crippen LogP contribution in [0.3, 0.4) is 0 Å². The van der Waals surface area contributed by atoms with Gasteiger partial charge < -0.3 is 30.4 Å². The summed E-state index contributed by atoms with van der Waals surface area (Å²) in [6.45, 7) is 1.19. The van der Waals surface area contributed by atoms with E-state index in [2.05, 4.69) is 20.4 Å². The number of hydrogen-bond acceptors (Lipinski definition) is 6. The minimum absolute atomic E-state index is 0.144. The number of hydrogen-bond donors (Lipinski definition) is 3. The molecule has 0 saturated heterocycles. The largest absolute Gasteiger partial charge is 0.573 e. The number of nitrogens with two attached hydrogens (primary N) is 1. The Morgan fingerprint density at radius 2 is 1.82 bits per heavy atom. The lowest BCUT2D eigenvalue weighted by Crippen LogP contribution is -2.46. The maximum absolute atomic E-state index is 13.3. The van der Waals surface area contributed by atoms with E-state index < -0.39 is 24.2 Å². The Balaban J connectivity index is 1.24. The van der Waals surface area contributed by atoms with Crippen LogP contribution in [0.4, 0.5) is 13.2 Å². The summed E-state index contributed by atoms with van der Waals surface area (Å²) in [7, 11) is 0. The van der Waals surface area contributed by atoms with Crippen molar-refractivity contribution < 1.29 is 32.2 Å². The molecular formula is C31H29ClF3N5O4. The summed E-state index contributed by atoms with van der Waals surface area (Å²) in [4.78, 5) is 29.7. The van der Waals surface area contributed by atoms with Gasteiger partial charge in [0.2, 0.25) is 5.91 Å². The van der Waals surface area contributed by atoms with E-state index in [4.69, 9.17) is 22.1 Å². The molecule has 9 nitrogen and oxygen atoms in total. The first kappa shape index (κ1) is 30.9. The van der Waals surface area contributed by atoms with Crippen LogP contribution < -0.4 is 25.8 Å². The number of alkyl halides is 3. The molecule has 4 N–H and O–H groups in total. The predicted octanol–water partition coefficient (Wildman–Crippen LogP) is 4.92. The third-order valence-electron chi connectivity index (χ3n) is 7.16. The maximum Gasteiger partial charge on any atom is 0.573 e. The highest BCUT2D eigenvalue weighted by atomic mass is 35.5. The van der Waals surface area contributed by atoms with Crippen molar-refractivity contribution in [1.82, 2.24) is 20.2 Å². The molecule has 2 atom stereocenters. The highest BCUT2D eigenvalue weighted by Gasteiger charge is 2.31. The van der Waals surface area contributed by atoms with Crippen molar-refractivity contribution in [2.24, 2.45) is 5.73 Å². The number of primary amides is 1. The van der Waals surface area contributed by atoms with E-state index in [0.717, 1.165) is 22.4 Å². The van der Waals surface area contributed by atoms with Gasteiger partial charge in [0.1, 0.15) is 17.5 Å². The summed E-state index contributed by atoms with van der Waals surface area (Å²) in [5.74, 6) is -1.00. The average Bonchev–Trinajstić information content (AvgIpc) is 3.43. The van der Waals surface area contributed by atoms with Gasteiger partial charge in [-0.3, -0.25) is 9.59 Å². The summed E-state index contributed by atoms with van der Waals surface area (Å²) < 4.78 is 49.2. The zero-order chi connectivity index (χ0) is 31.3. The molecule has 2 heterocycles. The fourth-order valence-corrected chi connectivity index (χ4v) is 5.12. The zero-order valence-corrected chi connectivity index (χ0v) is 24.1. The molecule has 0 bridgehead atoms. The molecule has 1 aromatic heterocycles. The van der Waals surface area contributed by atoms with E-state index in [9.17, 15) is 22.8 Å². The van der Waals surface area contributed by atoms with Gasteiger partial charge in [0.25, 0.3) is 5.91 Å². The fraction of sp³-hybridized carbons (Fsp3) is 0.258. The first-order chi connectivity index (χ1) is 21.1. The van der Waals surface area contributed by atoms with Crippen molar-refractivity contribution >= 4 is 23.4 Å². The Hall–Kier alpha value is -4.55. The minimum Gasteiger partial charge on any atom is -0.492 e. The number of carbonyl (C=O) groups excluding carboxylic acids is 2. The molecule has 0 fully saturated rings. The van der Waals surface area contributed by atoms with Crippen LogP contribution in [0.2, 0.25) is 5.02 Å². The molecule has 13 heteroatoms. The molecule has 2 unspecified atom stereocenters. The van der Waals surface area contributed by atoms with Crippen LogP contribution in [-0.2, 0) is 24.3 Å². The maximum atomic E-state index is 13.3. The van der Waals surface area contributed by atoms with E-state index in [-0.39, 0.29) is 18.2 Å². The Bertz CT molecular complexity index is 1610. The van der Waals surface area contributed by atoms with E-state index in [1.54, 1.807) is 61.1 Å². The van der Waals surface area contributed by atoms with Gasteiger partial charge in [0.15, 0.2) is 0 Å². The number of aromatic nitrogens is 2. The standard InChI is InChI=1S/C31H29ClF3N5O4/c32-21-8-4-19(5-9-21)14-27(29(36)41)39-30(42)25-3-1-2-24-26(12-13-43-28(24)25)38-16-22-15-37-18-40(22)17-20-6-10-23(11-7-20)44-31(33,34)35/h1-11,15,18,26-27,38H,12-14,16-17H2,(H2,36,41)(H,39,42). The highest BCUT2D eigenvalue weighted by molar-refractivity contribution is 6.30. The number of benzene rings is 3. The third-order valence-corrected chi connectivity index (χ3v) is 7.41. The highest BCUT2D eigenvalue weighted by Crippen LogP contribution is 2.35. The van der Waals surface area contributed by atoms with Gasteiger partial charge in [-0.1, -0.05) is 48.0 Å². The number of carbonyl (C=O) groups is 2. The average molecular weight is 628 g/mol. The van der Waals surface area contributed by atoms with Crippen LogP contribution >= 0.6 is 11.6 Å². The summed E-state index contributed by atoms with van der Waals surface area (Å²) in [5, 5.41) is 6.80. The van der Waals surface area contributed by atoms with Gasteiger partial charge in [-0.15, -0.1) is 13.2 Å². The number of nitrogens with one attached hydrogen (secondary N) is 2. The number of halogens is 4. The number of imidazole rings is 1. The molecule has 230 valence electrons. The lowest BCUT2D eigenvalue weighted by atomic mass is 9.96. The second-order valence-corrected chi connectivity index (χ2v) is 10.7. The number of ether oxygens (including phenoxy) is 2. The second kappa shape index (κ2) is 13.4. The predicted molar refractivity (Wildman–Crippen MR) is 156 cm³/mol. The molecule has 2 amide bonds. The number of amides is 2. The molecule has 1 aliphatic rings. The van der Waals surface area contributed by atoms with Gasteiger partial charge in [-0.05, 0) is 41.5 Å². The first-order valence-corrected chi connectivity index (χ1v) is 14.1. The normalized spacial score (nSPS) is 15.1. The van der Waals surface area contributed by atoms with E-state index >= 15 is 0 Å². The van der Waals surface area contributed by atoms with E-state index in [1.165, 1.54) is 12.1 Å². The molecule has 44 heavy (non-hydrogen) atoms. The van der Waals surface area contributed by atoms with Crippen molar-refractivity contribution in [3.05, 3.63) is 112 Å². The van der Waals surface area contributed by atoms with Crippen LogP contribution in [-0.4, -0.2) is 40.4 Å². The van der Waals surface area contributed by atoms with Crippen molar-refractivity contribution in [3.8, 4) is 11.5 Å². The van der Waals surface area contributed by atoms with Gasteiger partial charge >= 0.3 is 6.36 Å². The quantitative estimate of drug-likeness (QED) is 0.217. The molecular weight excluding hydrogens is 599 g/mol. The van der Waals surface area contributed by atoms with Crippen molar-refractivity contribution in [2.45, 2.75) is 44.4 Å². The summed E-state index contributed by atoms with van der Waals surface area (Å²) in [5.41, 5.74) is 9.11. The number of fused-ring (bicyclic) bond motifs is 1. The van der Waals surface area contributed by atoms with Crippen LogP contribution in [0.1, 0.15) is 45.2 Å². The Labute approximate surface area is 256 Å². The first-order valence-electron chi connectivity index (χ1n) is 13.7. The SMILES string of the molecule is NC(=O)C(Cc1ccc(Cl)cc1)NC(=O)c1cccc2c1OCCC2NCc1cncn1Cc1ccc(OC(F)(F)F)cc1. The summed E-state index contributed by atoms with van der Waals surface area (Å²) in [6.07, 6.45) is -0.535. The van der Waals surface area contributed by atoms with Gasteiger partial charge in [-0.25, -0.2) is 4.98 Å². The molecule has 4 aromatic rings. The number of nitrogens with zero attached hydrogens (tertiary/aromatic N) is 2. The van der Waals surface area contributed by atoms with Crippen molar-refractivity contribution in [1.29, 1.82) is 0 Å². The monoisotopic (exact) mass is 627 g/mol. The Morgan fingerprint density at radius 1 is 1.09 bits per heavy atom. The van der Waals surface area contributed by atoms with Crippen LogP contribution in [0.5, 0.6) is 11.5 Å².